The number of carbonyl (C=O) groups excluding carboxylic acids is 2. The minimum Gasteiger partial charge on any atom is -0.506 e. The Morgan fingerprint density at radius 3 is 2.77 bits per heavy atom. The summed E-state index contributed by atoms with van der Waals surface area (Å²) in [6.45, 7) is 1.81. The number of nitrogens with one attached hydrogen (secondary N) is 1. The zero-order valence-corrected chi connectivity index (χ0v) is 7.07. The van der Waals surface area contributed by atoms with Crippen LogP contribution in [0, 0.1) is 6.92 Å². The van der Waals surface area contributed by atoms with Crippen LogP contribution in [0.15, 0.2) is 18.2 Å². The van der Waals surface area contributed by atoms with Crippen molar-refractivity contribution < 1.29 is 14.7 Å². The van der Waals surface area contributed by atoms with E-state index in [2.05, 4.69) is 5.32 Å². The highest BCUT2D eigenvalue weighted by molar-refractivity contribution is 6.29. The van der Waals surface area contributed by atoms with Gasteiger partial charge in [0.1, 0.15) is 5.75 Å². The average Bonchev–Trinajstić information content (AvgIpc) is 2.09. The van der Waals surface area contributed by atoms with Gasteiger partial charge in [-0.3, -0.25) is 9.59 Å². The summed E-state index contributed by atoms with van der Waals surface area (Å²) in [6.07, 6.45) is 0.152. The van der Waals surface area contributed by atoms with Gasteiger partial charge in [-0.2, -0.15) is 0 Å². The van der Waals surface area contributed by atoms with Gasteiger partial charge >= 0.3 is 0 Å². The Kier molecular flexibility index (Phi) is 2.64. The third-order valence-electron chi connectivity index (χ3n) is 1.52. The zero-order valence-electron chi connectivity index (χ0n) is 7.07. The van der Waals surface area contributed by atoms with Gasteiger partial charge in [-0.15, -0.1) is 0 Å². The van der Waals surface area contributed by atoms with Crippen LogP contribution in [0.4, 0.5) is 5.69 Å². The highest BCUT2D eigenvalue weighted by Crippen LogP contribution is 2.23. The lowest BCUT2D eigenvalue weighted by Crippen LogP contribution is -2.12. The van der Waals surface area contributed by atoms with Crippen molar-refractivity contribution in [1.29, 1.82) is 0 Å². The van der Waals surface area contributed by atoms with Crippen LogP contribution in [-0.4, -0.2) is 17.3 Å². The number of aromatic hydroxyl groups is 1. The van der Waals surface area contributed by atoms with Crippen molar-refractivity contribution in [1.82, 2.24) is 0 Å². The summed E-state index contributed by atoms with van der Waals surface area (Å²) in [5.74, 6) is -0.825. The van der Waals surface area contributed by atoms with Gasteiger partial charge in [-0.25, -0.2) is 0 Å². The minimum atomic E-state index is -0.779. The van der Waals surface area contributed by atoms with E-state index in [1.165, 1.54) is 12.1 Å². The fraction of sp³-hybridized carbons (Fsp3) is 0.111. The van der Waals surface area contributed by atoms with Gasteiger partial charge in [0.2, 0.25) is 6.29 Å². The molecule has 68 valence electrons. The SMILES string of the molecule is Cc1ccc(NC(=O)C=O)c(O)c1. The van der Waals surface area contributed by atoms with Crippen LogP contribution >= 0.6 is 0 Å². The molecule has 0 spiro atoms. The van der Waals surface area contributed by atoms with E-state index in [4.69, 9.17) is 0 Å². The maximum atomic E-state index is 10.6. The van der Waals surface area contributed by atoms with E-state index in [0.717, 1.165) is 5.56 Å². The first-order valence-electron chi connectivity index (χ1n) is 3.69. The maximum Gasteiger partial charge on any atom is 0.288 e. The van der Waals surface area contributed by atoms with Crippen LogP contribution in [0.3, 0.4) is 0 Å². The molecule has 13 heavy (non-hydrogen) atoms. The number of aldehydes is 1. The molecule has 0 aliphatic heterocycles. The van der Waals surface area contributed by atoms with Crippen LogP contribution in [0.5, 0.6) is 5.75 Å². The topological polar surface area (TPSA) is 66.4 Å². The standard InChI is InChI=1S/C9H9NO3/c1-6-2-3-7(8(12)4-6)10-9(13)5-11/h2-5,12H,1H3,(H,10,13). The highest BCUT2D eigenvalue weighted by Gasteiger charge is 2.04. The first-order chi connectivity index (χ1) is 6.13. The Labute approximate surface area is 75.2 Å². The average molecular weight is 179 g/mol. The summed E-state index contributed by atoms with van der Waals surface area (Å²) in [5.41, 5.74) is 1.12. The molecule has 2 N–H and O–H groups in total. The molecular formula is C9H9NO3. The van der Waals surface area contributed by atoms with E-state index >= 15 is 0 Å². The van der Waals surface area contributed by atoms with Crippen LogP contribution < -0.4 is 5.32 Å². The number of benzene rings is 1. The first kappa shape index (κ1) is 9.25. The van der Waals surface area contributed by atoms with Crippen molar-refractivity contribution in [2.45, 2.75) is 6.92 Å². The normalized spacial score (nSPS) is 9.31. The summed E-state index contributed by atoms with van der Waals surface area (Å²) < 4.78 is 0. The molecule has 1 rings (SSSR count). The van der Waals surface area contributed by atoms with Crippen molar-refractivity contribution in [2.24, 2.45) is 0 Å². The second kappa shape index (κ2) is 3.71. The number of anilines is 1. The molecule has 4 nitrogen and oxygen atoms in total. The van der Waals surface area contributed by atoms with E-state index in [1.807, 2.05) is 6.92 Å². The predicted octanol–water partition coefficient (Wildman–Crippen LogP) is 0.838. The van der Waals surface area contributed by atoms with Crippen LogP contribution in [-0.2, 0) is 9.59 Å². The lowest BCUT2D eigenvalue weighted by molar-refractivity contribution is -0.127. The Morgan fingerprint density at radius 2 is 2.23 bits per heavy atom. The van der Waals surface area contributed by atoms with E-state index < -0.39 is 5.91 Å². The van der Waals surface area contributed by atoms with Gasteiger partial charge in [0.25, 0.3) is 5.91 Å². The molecule has 0 unspecified atom stereocenters. The van der Waals surface area contributed by atoms with Gasteiger partial charge in [0.05, 0.1) is 5.69 Å². The molecule has 0 aliphatic carbocycles. The van der Waals surface area contributed by atoms with Crippen LogP contribution in [0.25, 0.3) is 0 Å². The zero-order chi connectivity index (χ0) is 9.84. The molecular weight excluding hydrogens is 170 g/mol. The smallest absolute Gasteiger partial charge is 0.288 e. The Bertz CT molecular complexity index is 347. The second-order valence-electron chi connectivity index (χ2n) is 2.63. The number of amides is 1. The van der Waals surface area contributed by atoms with E-state index in [-0.39, 0.29) is 17.7 Å². The molecule has 0 saturated heterocycles. The number of rotatable bonds is 2. The third-order valence-corrected chi connectivity index (χ3v) is 1.52. The summed E-state index contributed by atoms with van der Waals surface area (Å²) in [7, 11) is 0. The Morgan fingerprint density at radius 1 is 1.54 bits per heavy atom. The molecule has 1 aromatic carbocycles. The van der Waals surface area contributed by atoms with Crippen LogP contribution in [0.2, 0.25) is 0 Å². The molecule has 0 heterocycles. The van der Waals surface area contributed by atoms with Crippen molar-refractivity contribution >= 4 is 17.9 Å². The van der Waals surface area contributed by atoms with Gasteiger partial charge in [-0.05, 0) is 24.6 Å². The maximum absolute atomic E-state index is 10.6. The third kappa shape index (κ3) is 2.30. The molecule has 1 aromatic rings. The molecule has 0 aromatic heterocycles. The lowest BCUT2D eigenvalue weighted by atomic mass is 10.2. The molecule has 0 bridgehead atoms. The number of phenols is 1. The number of hydrogen-bond donors (Lipinski definition) is 2. The van der Waals surface area contributed by atoms with E-state index in [1.54, 1.807) is 6.07 Å². The van der Waals surface area contributed by atoms with Gasteiger partial charge in [0.15, 0.2) is 0 Å². The van der Waals surface area contributed by atoms with Gasteiger partial charge < -0.3 is 10.4 Å². The number of hydrogen-bond acceptors (Lipinski definition) is 3. The summed E-state index contributed by atoms with van der Waals surface area (Å²) in [5, 5.41) is 11.5. The predicted molar refractivity (Wildman–Crippen MR) is 47.5 cm³/mol. The molecule has 1 amide bonds. The monoisotopic (exact) mass is 179 g/mol. The van der Waals surface area contributed by atoms with Crippen molar-refractivity contribution in [3.05, 3.63) is 23.8 Å². The fourth-order valence-corrected chi connectivity index (χ4v) is 0.910. The van der Waals surface area contributed by atoms with Gasteiger partial charge in [0, 0.05) is 0 Å². The molecule has 4 heteroatoms. The first-order valence-corrected chi connectivity index (χ1v) is 3.69. The summed E-state index contributed by atoms with van der Waals surface area (Å²) >= 11 is 0. The summed E-state index contributed by atoms with van der Waals surface area (Å²) in [4.78, 5) is 20.6. The molecule has 0 saturated carbocycles. The lowest BCUT2D eigenvalue weighted by Gasteiger charge is -2.04. The highest BCUT2D eigenvalue weighted by atomic mass is 16.3. The Hall–Kier alpha value is -1.84. The second-order valence-corrected chi connectivity index (χ2v) is 2.63. The number of phenolic OH excluding ortho intramolecular Hbond substituents is 1. The largest absolute Gasteiger partial charge is 0.506 e. The molecule has 0 atom stereocenters. The van der Waals surface area contributed by atoms with E-state index in [0.29, 0.717) is 0 Å². The quantitative estimate of drug-likeness (QED) is 0.401. The molecule has 0 fully saturated rings. The van der Waals surface area contributed by atoms with Crippen molar-refractivity contribution in [3.8, 4) is 5.75 Å². The Balaban J connectivity index is 2.89. The minimum absolute atomic E-state index is 0.0461. The molecule has 0 radical (unpaired) electrons. The number of carbonyl (C=O) groups is 2. The van der Waals surface area contributed by atoms with E-state index in [9.17, 15) is 14.7 Å². The van der Waals surface area contributed by atoms with Crippen molar-refractivity contribution in [2.75, 3.05) is 5.32 Å². The van der Waals surface area contributed by atoms with Crippen LogP contribution in [0.1, 0.15) is 5.56 Å². The van der Waals surface area contributed by atoms with Gasteiger partial charge in [-0.1, -0.05) is 6.07 Å². The number of aryl methyl sites for hydroxylation is 1. The molecule has 0 aliphatic rings. The fourth-order valence-electron chi connectivity index (χ4n) is 0.910. The summed E-state index contributed by atoms with van der Waals surface area (Å²) in [6, 6.07) is 4.76. The van der Waals surface area contributed by atoms with Crippen molar-refractivity contribution in [3.63, 3.8) is 0 Å².